The summed E-state index contributed by atoms with van der Waals surface area (Å²) < 4.78 is 0. The van der Waals surface area contributed by atoms with Gasteiger partial charge < -0.3 is 9.80 Å². The van der Waals surface area contributed by atoms with Crippen molar-refractivity contribution in [1.29, 1.82) is 0 Å². The van der Waals surface area contributed by atoms with Crippen molar-refractivity contribution < 1.29 is 0 Å². The van der Waals surface area contributed by atoms with Crippen LogP contribution in [-0.4, -0.2) is 17.0 Å². The van der Waals surface area contributed by atoms with Gasteiger partial charge in [-0.15, -0.1) is 0 Å². The zero-order valence-electron chi connectivity index (χ0n) is 21.6. The number of aryl methyl sites for hydroxylation is 3. The van der Waals surface area contributed by atoms with Crippen LogP contribution in [0.5, 0.6) is 0 Å². The second kappa shape index (κ2) is 8.59. The number of hydrogen-bond acceptors (Lipinski definition) is 2. The van der Waals surface area contributed by atoms with Gasteiger partial charge in [-0.05, 0) is 81.0 Å². The molecule has 3 aliphatic rings. The standard InChI is InChI=1S/C33H38N2/c1-23-13-8-11-20-29(23)35-26(4)31-33(28-18-9-10-19-28,27-16-6-5-7-17-27)21-22-34(31)32(35)30-24(2)14-12-15-25(30)3/h5-8,11-17,20-22,26,28,31-32H,9-10,18-19H2,1-4H3/t26-,31?,32?,33?/m0/s1. The molecule has 3 aromatic carbocycles. The van der Waals surface area contributed by atoms with Crippen molar-refractivity contribution in [3.05, 3.63) is 113 Å². The molecule has 0 aromatic heterocycles. The molecule has 180 valence electrons. The summed E-state index contributed by atoms with van der Waals surface area (Å²) in [6.45, 7) is 9.33. The van der Waals surface area contributed by atoms with Crippen molar-refractivity contribution in [1.82, 2.24) is 4.90 Å². The third-order valence-corrected chi connectivity index (χ3v) is 9.27. The highest BCUT2D eigenvalue weighted by Gasteiger charge is 2.60. The first-order chi connectivity index (χ1) is 17.0. The van der Waals surface area contributed by atoms with Gasteiger partial charge in [0.05, 0.1) is 12.1 Å². The smallest absolute Gasteiger partial charge is 0.129 e. The van der Waals surface area contributed by atoms with Gasteiger partial charge in [-0.3, -0.25) is 0 Å². The van der Waals surface area contributed by atoms with Gasteiger partial charge in [-0.1, -0.05) is 85.6 Å². The summed E-state index contributed by atoms with van der Waals surface area (Å²) in [6, 6.07) is 28.0. The maximum atomic E-state index is 2.74. The molecule has 0 bridgehead atoms. The lowest BCUT2D eigenvalue weighted by molar-refractivity contribution is 0.182. The lowest BCUT2D eigenvalue weighted by Gasteiger charge is -2.43. The molecule has 35 heavy (non-hydrogen) atoms. The topological polar surface area (TPSA) is 6.48 Å². The van der Waals surface area contributed by atoms with Crippen LogP contribution in [0.15, 0.2) is 85.1 Å². The lowest BCUT2D eigenvalue weighted by Crippen LogP contribution is -2.50. The molecule has 2 heterocycles. The number of benzene rings is 3. The predicted octanol–water partition coefficient (Wildman–Crippen LogP) is 7.85. The SMILES string of the molecule is Cc1ccccc1N1C(c2c(C)cccc2C)N2C=CC(c3ccccc3)(C3CCCC3)C2[C@@H]1C. The Hall–Kier alpha value is -3.00. The Morgan fingerprint density at radius 3 is 2.06 bits per heavy atom. The number of para-hydroxylation sites is 1. The molecule has 0 amide bonds. The molecule has 3 unspecified atom stereocenters. The van der Waals surface area contributed by atoms with Crippen LogP contribution >= 0.6 is 0 Å². The Bertz CT molecular complexity index is 1220. The van der Waals surface area contributed by atoms with Crippen LogP contribution in [0.2, 0.25) is 0 Å². The van der Waals surface area contributed by atoms with E-state index in [-0.39, 0.29) is 11.6 Å². The second-order valence-corrected chi connectivity index (χ2v) is 11.1. The van der Waals surface area contributed by atoms with Gasteiger partial charge in [0.15, 0.2) is 0 Å². The normalized spacial score (nSPS) is 28.2. The molecular weight excluding hydrogens is 424 g/mol. The van der Waals surface area contributed by atoms with Crippen molar-refractivity contribution >= 4 is 5.69 Å². The number of anilines is 1. The fourth-order valence-corrected chi connectivity index (χ4v) is 7.79. The Morgan fingerprint density at radius 1 is 0.743 bits per heavy atom. The predicted molar refractivity (Wildman–Crippen MR) is 147 cm³/mol. The zero-order chi connectivity index (χ0) is 24.2. The third-order valence-electron chi connectivity index (χ3n) is 9.27. The first-order valence-electron chi connectivity index (χ1n) is 13.5. The average Bonchev–Trinajstić information content (AvgIpc) is 3.59. The van der Waals surface area contributed by atoms with Crippen LogP contribution in [0.4, 0.5) is 5.69 Å². The molecule has 4 atom stereocenters. The number of fused-ring (bicyclic) bond motifs is 1. The van der Waals surface area contributed by atoms with Crippen molar-refractivity contribution in [3.8, 4) is 0 Å². The highest BCUT2D eigenvalue weighted by molar-refractivity contribution is 5.60. The maximum absolute atomic E-state index is 2.74. The summed E-state index contributed by atoms with van der Waals surface area (Å²) in [4.78, 5) is 5.48. The molecule has 3 aromatic rings. The van der Waals surface area contributed by atoms with Gasteiger partial charge in [0, 0.05) is 16.7 Å². The van der Waals surface area contributed by atoms with E-state index in [2.05, 4.69) is 123 Å². The summed E-state index contributed by atoms with van der Waals surface area (Å²) in [7, 11) is 0. The van der Waals surface area contributed by atoms with Gasteiger partial charge in [0.2, 0.25) is 0 Å². The highest BCUT2D eigenvalue weighted by atomic mass is 15.5. The van der Waals surface area contributed by atoms with E-state index < -0.39 is 0 Å². The van der Waals surface area contributed by atoms with E-state index in [0.29, 0.717) is 18.0 Å². The molecule has 0 N–H and O–H groups in total. The molecule has 2 heteroatoms. The summed E-state index contributed by atoms with van der Waals surface area (Å²) in [5.41, 5.74) is 8.49. The van der Waals surface area contributed by atoms with E-state index in [1.54, 1.807) is 0 Å². The molecule has 2 nitrogen and oxygen atoms in total. The maximum Gasteiger partial charge on any atom is 0.129 e. The van der Waals surface area contributed by atoms with Gasteiger partial charge in [0.1, 0.15) is 6.17 Å². The van der Waals surface area contributed by atoms with Gasteiger partial charge in [0.25, 0.3) is 0 Å². The van der Waals surface area contributed by atoms with Gasteiger partial charge in [-0.2, -0.15) is 0 Å². The summed E-state index contributed by atoms with van der Waals surface area (Å²) in [6.07, 6.45) is 10.6. The van der Waals surface area contributed by atoms with E-state index in [9.17, 15) is 0 Å². The van der Waals surface area contributed by atoms with E-state index in [0.717, 1.165) is 0 Å². The minimum absolute atomic E-state index is 0.0451. The molecule has 1 saturated carbocycles. The van der Waals surface area contributed by atoms with E-state index in [4.69, 9.17) is 0 Å². The Kier molecular flexibility index (Phi) is 5.51. The molecule has 2 aliphatic heterocycles. The quantitative estimate of drug-likeness (QED) is 0.389. The van der Waals surface area contributed by atoms with E-state index in [1.807, 2.05) is 0 Å². The first kappa shape index (κ1) is 22.5. The summed E-state index contributed by atoms with van der Waals surface area (Å²) in [5.74, 6) is 0.689. The minimum atomic E-state index is 0.0451. The van der Waals surface area contributed by atoms with Crippen LogP contribution < -0.4 is 4.90 Å². The van der Waals surface area contributed by atoms with Crippen molar-refractivity contribution in [2.45, 2.75) is 77.0 Å². The zero-order valence-corrected chi connectivity index (χ0v) is 21.6. The molecule has 1 aliphatic carbocycles. The number of nitrogens with zero attached hydrogens (tertiary/aromatic N) is 2. The van der Waals surface area contributed by atoms with Crippen LogP contribution in [0.1, 0.15) is 66.6 Å². The molecule has 2 fully saturated rings. The van der Waals surface area contributed by atoms with Gasteiger partial charge >= 0.3 is 0 Å². The fourth-order valence-electron chi connectivity index (χ4n) is 7.79. The van der Waals surface area contributed by atoms with Crippen LogP contribution in [-0.2, 0) is 5.41 Å². The number of rotatable bonds is 4. The molecule has 0 spiro atoms. The minimum Gasteiger partial charge on any atom is -0.348 e. The van der Waals surface area contributed by atoms with Crippen LogP contribution in [0.25, 0.3) is 0 Å². The Morgan fingerprint density at radius 2 is 1.37 bits per heavy atom. The third kappa shape index (κ3) is 3.29. The van der Waals surface area contributed by atoms with E-state index >= 15 is 0 Å². The first-order valence-corrected chi connectivity index (χ1v) is 13.5. The van der Waals surface area contributed by atoms with E-state index in [1.165, 1.54) is 59.2 Å². The highest BCUT2D eigenvalue weighted by Crippen LogP contribution is 2.58. The summed E-state index contributed by atoms with van der Waals surface area (Å²) >= 11 is 0. The summed E-state index contributed by atoms with van der Waals surface area (Å²) in [5, 5.41) is 0. The van der Waals surface area contributed by atoms with Gasteiger partial charge in [-0.25, -0.2) is 0 Å². The molecule has 6 rings (SSSR count). The van der Waals surface area contributed by atoms with Crippen LogP contribution in [0, 0.1) is 26.7 Å². The van der Waals surface area contributed by atoms with Crippen molar-refractivity contribution in [3.63, 3.8) is 0 Å². The Labute approximate surface area is 211 Å². The molecule has 1 saturated heterocycles. The van der Waals surface area contributed by atoms with Crippen LogP contribution in [0.3, 0.4) is 0 Å². The van der Waals surface area contributed by atoms with Crippen molar-refractivity contribution in [2.75, 3.05) is 4.90 Å². The average molecular weight is 463 g/mol. The second-order valence-electron chi connectivity index (χ2n) is 11.1. The molecule has 0 radical (unpaired) electrons. The molecular formula is C33H38N2. The number of hydrogen-bond donors (Lipinski definition) is 0. The lowest BCUT2D eigenvalue weighted by atomic mass is 9.64. The fraction of sp³-hybridized carbons (Fsp3) is 0.394. The Balaban J connectivity index is 1.58. The monoisotopic (exact) mass is 462 g/mol. The largest absolute Gasteiger partial charge is 0.348 e. The van der Waals surface area contributed by atoms with Crippen molar-refractivity contribution in [2.24, 2.45) is 5.92 Å².